The van der Waals surface area contributed by atoms with Crippen molar-refractivity contribution in [3.63, 3.8) is 0 Å². The van der Waals surface area contributed by atoms with Gasteiger partial charge in [-0.05, 0) is 19.1 Å². The molecule has 0 bridgehead atoms. The van der Waals surface area contributed by atoms with E-state index in [4.69, 9.17) is 11.6 Å². The number of halogens is 1. The first kappa shape index (κ1) is 12.9. The molecule has 0 aliphatic heterocycles. The van der Waals surface area contributed by atoms with E-state index < -0.39 is 6.09 Å². The number of ether oxygens (including phenoxy) is 1. The number of aromatic nitrogens is 1. The van der Waals surface area contributed by atoms with E-state index in [1.807, 2.05) is 25.1 Å². The first-order valence-corrected chi connectivity index (χ1v) is 6.38. The number of nitrogens with one attached hydrogen (secondary N) is 1. The van der Waals surface area contributed by atoms with Crippen molar-refractivity contribution in [1.29, 1.82) is 0 Å². The summed E-state index contributed by atoms with van der Waals surface area (Å²) in [6.45, 7) is 1.94. The average molecular weight is 283 g/mol. The minimum atomic E-state index is -0.526. The quantitative estimate of drug-likeness (QED) is 0.907. The van der Waals surface area contributed by atoms with Gasteiger partial charge in [0.15, 0.2) is 5.13 Å². The number of hydrogen-bond donors (Lipinski definition) is 1. The van der Waals surface area contributed by atoms with Crippen molar-refractivity contribution in [2.24, 2.45) is 0 Å². The van der Waals surface area contributed by atoms with Crippen molar-refractivity contribution in [3.8, 4) is 11.3 Å². The Morgan fingerprint density at radius 2 is 2.28 bits per heavy atom. The van der Waals surface area contributed by atoms with Gasteiger partial charge < -0.3 is 4.74 Å². The molecule has 0 saturated carbocycles. The van der Waals surface area contributed by atoms with E-state index in [0.29, 0.717) is 10.2 Å². The molecule has 1 heterocycles. The maximum Gasteiger partial charge on any atom is 0.413 e. The molecular weight excluding hydrogens is 272 g/mol. The Bertz CT molecular complexity index is 583. The van der Waals surface area contributed by atoms with Crippen LogP contribution in [-0.4, -0.2) is 18.2 Å². The lowest BCUT2D eigenvalue weighted by Gasteiger charge is -1.99. The number of amides is 1. The number of anilines is 1. The maximum atomic E-state index is 11.1. The number of methoxy groups -OCH3 is 1. The Hall–Kier alpha value is -1.59. The van der Waals surface area contributed by atoms with Crippen LogP contribution in [0.25, 0.3) is 11.3 Å². The third kappa shape index (κ3) is 2.80. The van der Waals surface area contributed by atoms with Crippen LogP contribution in [-0.2, 0) is 4.74 Å². The summed E-state index contributed by atoms with van der Waals surface area (Å²) < 4.78 is 4.52. The van der Waals surface area contributed by atoms with Crippen molar-refractivity contribution in [2.75, 3.05) is 12.4 Å². The van der Waals surface area contributed by atoms with E-state index in [-0.39, 0.29) is 0 Å². The van der Waals surface area contributed by atoms with Crippen LogP contribution in [0.5, 0.6) is 0 Å². The van der Waals surface area contributed by atoms with E-state index >= 15 is 0 Å². The highest BCUT2D eigenvalue weighted by Crippen LogP contribution is 2.31. The Morgan fingerprint density at radius 3 is 2.94 bits per heavy atom. The molecule has 0 unspecified atom stereocenters. The van der Waals surface area contributed by atoms with Crippen molar-refractivity contribution in [1.82, 2.24) is 4.98 Å². The summed E-state index contributed by atoms with van der Waals surface area (Å²) in [5.74, 6) is 0. The van der Waals surface area contributed by atoms with E-state index in [9.17, 15) is 4.79 Å². The van der Waals surface area contributed by atoms with Gasteiger partial charge in [0.05, 0.1) is 12.8 Å². The van der Waals surface area contributed by atoms with E-state index in [1.54, 1.807) is 6.07 Å². The Labute approximate surface area is 114 Å². The SMILES string of the molecule is COC(=O)Nc1nc(-c2cccc(Cl)c2)c(C)s1. The van der Waals surface area contributed by atoms with Gasteiger partial charge in [0, 0.05) is 15.5 Å². The summed E-state index contributed by atoms with van der Waals surface area (Å²) >= 11 is 7.34. The summed E-state index contributed by atoms with van der Waals surface area (Å²) in [5.41, 5.74) is 1.74. The van der Waals surface area contributed by atoms with Crippen molar-refractivity contribution in [3.05, 3.63) is 34.2 Å². The molecule has 0 atom stereocenters. The second kappa shape index (κ2) is 5.37. The lowest BCUT2D eigenvalue weighted by molar-refractivity contribution is 0.187. The molecule has 18 heavy (non-hydrogen) atoms. The van der Waals surface area contributed by atoms with Gasteiger partial charge >= 0.3 is 6.09 Å². The number of carbonyl (C=O) groups is 1. The molecule has 0 saturated heterocycles. The molecule has 4 nitrogen and oxygen atoms in total. The first-order valence-electron chi connectivity index (χ1n) is 5.18. The third-order valence-electron chi connectivity index (χ3n) is 2.29. The topological polar surface area (TPSA) is 51.2 Å². The highest BCUT2D eigenvalue weighted by atomic mass is 35.5. The standard InChI is InChI=1S/C12H11ClN2O2S/c1-7-10(8-4-3-5-9(13)6-8)14-11(18-7)15-12(16)17-2/h3-6H,1-2H3,(H,14,15,16). The molecular formula is C12H11ClN2O2S. The molecule has 0 radical (unpaired) electrons. The van der Waals surface area contributed by atoms with Gasteiger partial charge in [-0.25, -0.2) is 9.78 Å². The minimum Gasteiger partial charge on any atom is -0.453 e. The van der Waals surface area contributed by atoms with Gasteiger partial charge in [0.25, 0.3) is 0 Å². The van der Waals surface area contributed by atoms with Crippen molar-refractivity contribution < 1.29 is 9.53 Å². The predicted octanol–water partition coefficient (Wildman–Crippen LogP) is 3.95. The van der Waals surface area contributed by atoms with Crippen molar-refractivity contribution in [2.45, 2.75) is 6.92 Å². The summed E-state index contributed by atoms with van der Waals surface area (Å²) in [6.07, 6.45) is -0.526. The molecule has 1 aromatic heterocycles. The second-order valence-electron chi connectivity index (χ2n) is 3.55. The number of thiazole rings is 1. The van der Waals surface area contributed by atoms with Crippen LogP contribution in [0, 0.1) is 6.92 Å². The fourth-order valence-electron chi connectivity index (χ4n) is 1.49. The number of rotatable bonds is 2. The first-order chi connectivity index (χ1) is 8.60. The fourth-order valence-corrected chi connectivity index (χ4v) is 2.50. The number of nitrogens with zero attached hydrogens (tertiary/aromatic N) is 1. The highest BCUT2D eigenvalue weighted by molar-refractivity contribution is 7.16. The predicted molar refractivity (Wildman–Crippen MR) is 73.3 cm³/mol. The smallest absolute Gasteiger partial charge is 0.413 e. The molecule has 94 valence electrons. The zero-order valence-corrected chi connectivity index (χ0v) is 11.4. The fraction of sp³-hybridized carbons (Fsp3) is 0.167. The second-order valence-corrected chi connectivity index (χ2v) is 5.19. The van der Waals surface area contributed by atoms with E-state index in [2.05, 4.69) is 15.0 Å². The average Bonchev–Trinajstić information content (AvgIpc) is 2.70. The van der Waals surface area contributed by atoms with Gasteiger partial charge in [0.2, 0.25) is 0 Å². The van der Waals surface area contributed by atoms with E-state index in [0.717, 1.165) is 16.1 Å². The van der Waals surface area contributed by atoms with Gasteiger partial charge in [-0.2, -0.15) is 0 Å². The van der Waals surface area contributed by atoms with Gasteiger partial charge in [0.1, 0.15) is 0 Å². The molecule has 1 aromatic carbocycles. The number of benzene rings is 1. The van der Waals surface area contributed by atoms with Crippen LogP contribution in [0.1, 0.15) is 4.88 Å². The van der Waals surface area contributed by atoms with Gasteiger partial charge in [-0.3, -0.25) is 5.32 Å². The number of hydrogen-bond acceptors (Lipinski definition) is 4. The summed E-state index contributed by atoms with van der Waals surface area (Å²) in [5, 5.41) is 3.71. The number of carbonyl (C=O) groups excluding carboxylic acids is 1. The van der Waals surface area contributed by atoms with Crippen molar-refractivity contribution >= 4 is 34.2 Å². The normalized spacial score (nSPS) is 10.2. The largest absolute Gasteiger partial charge is 0.453 e. The van der Waals surface area contributed by atoms with Crippen LogP contribution >= 0.6 is 22.9 Å². The third-order valence-corrected chi connectivity index (χ3v) is 3.41. The zero-order valence-electron chi connectivity index (χ0n) is 9.86. The van der Waals surface area contributed by atoms with E-state index in [1.165, 1.54) is 18.4 Å². The van der Waals surface area contributed by atoms with Crippen LogP contribution < -0.4 is 5.32 Å². The molecule has 1 N–H and O–H groups in total. The lowest BCUT2D eigenvalue weighted by atomic mass is 10.1. The molecule has 0 aliphatic carbocycles. The molecule has 0 spiro atoms. The Balaban J connectivity index is 2.32. The summed E-state index contributed by atoms with van der Waals surface area (Å²) in [7, 11) is 1.31. The van der Waals surface area contributed by atoms with Crippen LogP contribution in [0.4, 0.5) is 9.93 Å². The summed E-state index contributed by atoms with van der Waals surface area (Å²) in [4.78, 5) is 16.5. The lowest BCUT2D eigenvalue weighted by Crippen LogP contribution is -2.10. The Kier molecular flexibility index (Phi) is 3.84. The molecule has 2 aromatic rings. The maximum absolute atomic E-state index is 11.1. The monoisotopic (exact) mass is 282 g/mol. The molecule has 2 rings (SSSR count). The molecule has 1 amide bonds. The Morgan fingerprint density at radius 1 is 1.50 bits per heavy atom. The molecule has 0 aliphatic rings. The highest BCUT2D eigenvalue weighted by Gasteiger charge is 2.12. The molecule has 6 heteroatoms. The minimum absolute atomic E-state index is 0.509. The van der Waals surface area contributed by atoms with Crippen LogP contribution in [0.2, 0.25) is 5.02 Å². The summed E-state index contributed by atoms with van der Waals surface area (Å²) in [6, 6.07) is 7.44. The van der Waals surface area contributed by atoms with Gasteiger partial charge in [-0.1, -0.05) is 23.7 Å². The zero-order chi connectivity index (χ0) is 13.1. The van der Waals surface area contributed by atoms with Crippen LogP contribution in [0.15, 0.2) is 24.3 Å². The van der Waals surface area contributed by atoms with Gasteiger partial charge in [-0.15, -0.1) is 11.3 Å². The van der Waals surface area contributed by atoms with Crippen LogP contribution in [0.3, 0.4) is 0 Å². The molecule has 0 fully saturated rings. The number of aryl methyl sites for hydroxylation is 1.